The third-order valence-corrected chi connectivity index (χ3v) is 3.46. The first kappa shape index (κ1) is 13.1. The number of aromatic nitrogens is 2. The minimum atomic E-state index is 0.782. The molecule has 0 atom stereocenters. The van der Waals surface area contributed by atoms with Crippen molar-refractivity contribution in [2.45, 2.75) is 12.8 Å². The molecule has 0 aliphatic carbocycles. The number of piperidine rings is 1. The molecule has 1 saturated heterocycles. The van der Waals surface area contributed by atoms with Crippen LogP contribution in [-0.2, 0) is 0 Å². The van der Waals surface area contributed by atoms with Crippen LogP contribution in [0.2, 0.25) is 0 Å². The van der Waals surface area contributed by atoms with Crippen molar-refractivity contribution in [2.75, 3.05) is 50.6 Å². The molecule has 1 aliphatic heterocycles. The van der Waals surface area contributed by atoms with E-state index in [0.29, 0.717) is 0 Å². The molecule has 1 N–H and O–H groups in total. The SMILES string of the molecule is CNCC1CCN(c2ccnc(N(C)C)n2)CC1. The van der Waals surface area contributed by atoms with E-state index < -0.39 is 0 Å². The number of rotatable bonds is 4. The Labute approximate surface area is 109 Å². The molecule has 100 valence electrons. The molecular weight excluding hydrogens is 226 g/mol. The summed E-state index contributed by atoms with van der Waals surface area (Å²) in [5.74, 6) is 2.64. The second-order valence-electron chi connectivity index (χ2n) is 5.10. The summed E-state index contributed by atoms with van der Waals surface area (Å²) in [6, 6.07) is 2.01. The third kappa shape index (κ3) is 3.10. The van der Waals surface area contributed by atoms with Gasteiger partial charge in [0.25, 0.3) is 0 Å². The zero-order valence-electron chi connectivity index (χ0n) is 11.6. The maximum Gasteiger partial charge on any atom is 0.226 e. The van der Waals surface area contributed by atoms with E-state index in [1.165, 1.54) is 12.8 Å². The third-order valence-electron chi connectivity index (χ3n) is 3.46. The highest BCUT2D eigenvalue weighted by Gasteiger charge is 2.19. The monoisotopic (exact) mass is 249 g/mol. The van der Waals surface area contributed by atoms with Gasteiger partial charge in [0, 0.05) is 33.4 Å². The predicted octanol–water partition coefficient (Wildman–Crippen LogP) is 0.978. The summed E-state index contributed by atoms with van der Waals surface area (Å²) < 4.78 is 0. The van der Waals surface area contributed by atoms with Gasteiger partial charge >= 0.3 is 0 Å². The number of nitrogens with one attached hydrogen (secondary N) is 1. The Morgan fingerprint density at radius 3 is 2.72 bits per heavy atom. The Morgan fingerprint density at radius 2 is 2.11 bits per heavy atom. The first-order valence-electron chi connectivity index (χ1n) is 6.60. The maximum atomic E-state index is 4.59. The lowest BCUT2D eigenvalue weighted by molar-refractivity contribution is 0.392. The molecule has 0 aromatic carbocycles. The molecular formula is C13H23N5. The van der Waals surface area contributed by atoms with Crippen LogP contribution in [0.25, 0.3) is 0 Å². The zero-order chi connectivity index (χ0) is 13.0. The van der Waals surface area contributed by atoms with Crippen molar-refractivity contribution >= 4 is 11.8 Å². The highest BCUT2D eigenvalue weighted by Crippen LogP contribution is 2.22. The van der Waals surface area contributed by atoms with Crippen LogP contribution in [0.15, 0.2) is 12.3 Å². The maximum absolute atomic E-state index is 4.59. The van der Waals surface area contributed by atoms with E-state index >= 15 is 0 Å². The second-order valence-corrected chi connectivity index (χ2v) is 5.10. The van der Waals surface area contributed by atoms with Crippen LogP contribution in [0.3, 0.4) is 0 Å². The summed E-state index contributed by atoms with van der Waals surface area (Å²) in [5.41, 5.74) is 0. The van der Waals surface area contributed by atoms with Crippen molar-refractivity contribution in [1.29, 1.82) is 0 Å². The molecule has 5 heteroatoms. The topological polar surface area (TPSA) is 44.3 Å². The number of hydrogen-bond acceptors (Lipinski definition) is 5. The average Bonchev–Trinajstić information content (AvgIpc) is 2.40. The molecule has 1 aromatic heterocycles. The molecule has 18 heavy (non-hydrogen) atoms. The summed E-state index contributed by atoms with van der Waals surface area (Å²) in [6.45, 7) is 3.31. The van der Waals surface area contributed by atoms with E-state index in [9.17, 15) is 0 Å². The van der Waals surface area contributed by atoms with Crippen LogP contribution in [0.5, 0.6) is 0 Å². The first-order chi connectivity index (χ1) is 8.70. The van der Waals surface area contributed by atoms with Crippen molar-refractivity contribution in [3.63, 3.8) is 0 Å². The summed E-state index contributed by atoms with van der Waals surface area (Å²) in [4.78, 5) is 13.2. The number of anilines is 2. The van der Waals surface area contributed by atoms with Crippen molar-refractivity contribution in [3.8, 4) is 0 Å². The smallest absolute Gasteiger partial charge is 0.226 e. The van der Waals surface area contributed by atoms with Crippen LogP contribution in [-0.4, -0.2) is 50.7 Å². The van der Waals surface area contributed by atoms with Crippen LogP contribution in [0.4, 0.5) is 11.8 Å². The predicted molar refractivity (Wildman–Crippen MR) is 75.2 cm³/mol. The highest BCUT2D eigenvalue weighted by molar-refractivity contribution is 5.43. The number of hydrogen-bond donors (Lipinski definition) is 1. The Bertz CT molecular complexity index is 371. The average molecular weight is 249 g/mol. The molecule has 1 aromatic rings. The van der Waals surface area contributed by atoms with Gasteiger partial charge in [0.1, 0.15) is 5.82 Å². The largest absolute Gasteiger partial charge is 0.356 e. The van der Waals surface area contributed by atoms with Gasteiger partial charge in [-0.15, -0.1) is 0 Å². The summed E-state index contributed by atoms with van der Waals surface area (Å²) >= 11 is 0. The lowest BCUT2D eigenvalue weighted by Gasteiger charge is -2.32. The van der Waals surface area contributed by atoms with E-state index in [4.69, 9.17) is 0 Å². The van der Waals surface area contributed by atoms with Gasteiger partial charge in [0.15, 0.2) is 0 Å². The van der Waals surface area contributed by atoms with E-state index in [2.05, 4.69) is 20.2 Å². The quantitative estimate of drug-likeness (QED) is 0.861. The molecule has 1 fully saturated rings. The molecule has 5 nitrogen and oxygen atoms in total. The highest BCUT2D eigenvalue weighted by atomic mass is 15.3. The fourth-order valence-electron chi connectivity index (χ4n) is 2.39. The van der Waals surface area contributed by atoms with Crippen LogP contribution in [0.1, 0.15) is 12.8 Å². The molecule has 2 heterocycles. The molecule has 0 unspecified atom stereocenters. The van der Waals surface area contributed by atoms with E-state index in [1.54, 1.807) is 0 Å². The normalized spacial score (nSPS) is 16.9. The number of nitrogens with zero attached hydrogens (tertiary/aromatic N) is 4. The van der Waals surface area contributed by atoms with Crippen molar-refractivity contribution in [3.05, 3.63) is 12.3 Å². The van der Waals surface area contributed by atoms with Gasteiger partial charge in [0.2, 0.25) is 5.95 Å². The van der Waals surface area contributed by atoms with Crippen molar-refractivity contribution in [2.24, 2.45) is 5.92 Å². The second kappa shape index (κ2) is 6.00. The van der Waals surface area contributed by atoms with Gasteiger partial charge in [-0.25, -0.2) is 4.98 Å². The molecule has 0 spiro atoms. The van der Waals surface area contributed by atoms with Gasteiger partial charge in [0.05, 0.1) is 0 Å². The fraction of sp³-hybridized carbons (Fsp3) is 0.692. The van der Waals surface area contributed by atoms with E-state index in [1.807, 2.05) is 38.3 Å². The molecule has 0 saturated carbocycles. The molecule has 1 aliphatic rings. The summed E-state index contributed by atoms with van der Waals surface area (Å²) in [7, 11) is 5.97. The molecule has 0 radical (unpaired) electrons. The van der Waals surface area contributed by atoms with Gasteiger partial charge in [-0.2, -0.15) is 4.98 Å². The van der Waals surface area contributed by atoms with Gasteiger partial charge in [-0.1, -0.05) is 0 Å². The van der Waals surface area contributed by atoms with Gasteiger partial charge < -0.3 is 15.1 Å². The van der Waals surface area contributed by atoms with Crippen LogP contribution < -0.4 is 15.1 Å². The van der Waals surface area contributed by atoms with Crippen molar-refractivity contribution in [1.82, 2.24) is 15.3 Å². The minimum absolute atomic E-state index is 0.782. The molecule has 0 amide bonds. The Balaban J connectivity index is 1.98. The van der Waals surface area contributed by atoms with Gasteiger partial charge in [-0.05, 0) is 38.4 Å². The first-order valence-corrected chi connectivity index (χ1v) is 6.60. The van der Waals surface area contributed by atoms with Gasteiger partial charge in [-0.3, -0.25) is 0 Å². The lowest BCUT2D eigenvalue weighted by atomic mass is 9.97. The van der Waals surface area contributed by atoms with Crippen molar-refractivity contribution < 1.29 is 0 Å². The minimum Gasteiger partial charge on any atom is -0.356 e. The van der Waals surface area contributed by atoms with Crippen LogP contribution >= 0.6 is 0 Å². The molecule has 0 bridgehead atoms. The Hall–Kier alpha value is -1.36. The van der Waals surface area contributed by atoms with E-state index in [-0.39, 0.29) is 0 Å². The Morgan fingerprint density at radius 1 is 1.39 bits per heavy atom. The van der Waals surface area contributed by atoms with E-state index in [0.717, 1.165) is 37.3 Å². The molecule has 2 rings (SSSR count). The lowest BCUT2D eigenvalue weighted by Crippen LogP contribution is -2.37. The summed E-state index contributed by atoms with van der Waals surface area (Å²) in [5, 5.41) is 3.27. The fourth-order valence-corrected chi connectivity index (χ4v) is 2.39. The Kier molecular flexibility index (Phi) is 4.36. The zero-order valence-corrected chi connectivity index (χ0v) is 11.6. The van der Waals surface area contributed by atoms with Crippen LogP contribution in [0, 0.1) is 5.92 Å². The summed E-state index contributed by atoms with van der Waals surface area (Å²) in [6.07, 6.45) is 4.32. The standard InChI is InChI=1S/C13H23N5/c1-14-10-11-5-8-18(9-6-11)12-4-7-15-13(16-12)17(2)3/h4,7,11,14H,5-6,8-10H2,1-3H3.